The van der Waals surface area contributed by atoms with Gasteiger partial charge in [-0.05, 0) is 49.1 Å². The zero-order valence-corrected chi connectivity index (χ0v) is 21.1. The minimum atomic E-state index is -4.85. The average Bonchev–Trinajstić information content (AvgIpc) is 3.43. The lowest BCUT2D eigenvalue weighted by atomic mass is 10.2. The van der Waals surface area contributed by atoms with Crippen molar-refractivity contribution in [3.8, 4) is 17.5 Å². The van der Waals surface area contributed by atoms with Gasteiger partial charge in [0.2, 0.25) is 0 Å². The Morgan fingerprint density at radius 3 is 2.63 bits per heavy atom. The summed E-state index contributed by atoms with van der Waals surface area (Å²) in [6.07, 6.45) is -2.59. The lowest BCUT2D eigenvalue weighted by molar-refractivity contribution is -0.274. The number of rotatable bonds is 8. The predicted molar refractivity (Wildman–Crippen MR) is 134 cm³/mol. The van der Waals surface area contributed by atoms with E-state index in [4.69, 9.17) is 21.3 Å². The standard InChI is InChI=1S/C26H26ClF3N4O4/c27-18-9-7-17(8-10-18)15-34-22-23(33-12-2-4-19(33)16-32(24(22)36)11-3-13-35)31-25(34)37-20-5-1-6-21(14-20)38-26(28,29)30/h1,5-10,14,19,35H,2-4,11-13,15-16H2/t19-/m0/s1. The summed E-state index contributed by atoms with van der Waals surface area (Å²) >= 11 is 6.06. The fourth-order valence-electron chi connectivity index (χ4n) is 4.91. The third-order valence-electron chi connectivity index (χ3n) is 6.57. The third kappa shape index (κ3) is 5.68. The number of hydrogen-bond acceptors (Lipinski definition) is 6. The molecule has 0 radical (unpaired) electrons. The van der Waals surface area contributed by atoms with E-state index in [-0.39, 0.29) is 36.9 Å². The van der Waals surface area contributed by atoms with E-state index in [1.807, 2.05) is 12.1 Å². The van der Waals surface area contributed by atoms with Crippen LogP contribution in [0.2, 0.25) is 5.02 Å². The summed E-state index contributed by atoms with van der Waals surface area (Å²) in [5.41, 5.74) is 1.16. The minimum Gasteiger partial charge on any atom is -0.425 e. The molecule has 202 valence electrons. The molecule has 38 heavy (non-hydrogen) atoms. The Balaban J connectivity index is 1.58. The molecule has 1 aromatic heterocycles. The maximum Gasteiger partial charge on any atom is 0.573 e. The highest BCUT2D eigenvalue weighted by Crippen LogP contribution is 2.38. The maximum atomic E-state index is 13.9. The normalized spacial score (nSPS) is 17.3. The van der Waals surface area contributed by atoms with Crippen LogP contribution in [0.4, 0.5) is 19.0 Å². The second kappa shape index (κ2) is 10.7. The van der Waals surface area contributed by atoms with Crippen molar-refractivity contribution in [2.45, 2.75) is 38.2 Å². The molecule has 1 atom stereocenters. The summed E-state index contributed by atoms with van der Waals surface area (Å²) in [5, 5.41) is 9.95. The second-order valence-electron chi connectivity index (χ2n) is 9.22. The minimum absolute atomic E-state index is 0.0419. The van der Waals surface area contributed by atoms with E-state index in [0.29, 0.717) is 42.6 Å². The number of benzene rings is 2. The molecule has 3 aromatic rings. The number of imidazole rings is 1. The third-order valence-corrected chi connectivity index (χ3v) is 6.82. The van der Waals surface area contributed by atoms with Crippen molar-refractivity contribution in [2.75, 3.05) is 31.1 Å². The first-order valence-electron chi connectivity index (χ1n) is 12.3. The summed E-state index contributed by atoms with van der Waals surface area (Å²) in [7, 11) is 0. The van der Waals surface area contributed by atoms with Gasteiger partial charge in [-0.15, -0.1) is 13.2 Å². The fraction of sp³-hybridized carbons (Fsp3) is 0.385. The summed E-state index contributed by atoms with van der Waals surface area (Å²) in [5.74, 6) is -0.117. The zero-order chi connectivity index (χ0) is 26.9. The Bertz CT molecular complexity index is 1300. The number of aromatic nitrogens is 2. The molecule has 1 saturated heterocycles. The van der Waals surface area contributed by atoms with Gasteiger partial charge in [0.15, 0.2) is 11.5 Å². The van der Waals surface area contributed by atoms with Gasteiger partial charge in [-0.1, -0.05) is 29.8 Å². The number of fused-ring (bicyclic) bond motifs is 3. The molecule has 0 aliphatic carbocycles. The van der Waals surface area contributed by atoms with Crippen molar-refractivity contribution in [3.63, 3.8) is 0 Å². The number of anilines is 1. The van der Waals surface area contributed by atoms with E-state index in [1.54, 1.807) is 21.6 Å². The molecule has 0 unspecified atom stereocenters. The van der Waals surface area contributed by atoms with Gasteiger partial charge in [0.25, 0.3) is 5.91 Å². The Hall–Kier alpha value is -3.44. The van der Waals surface area contributed by atoms with Crippen molar-refractivity contribution >= 4 is 23.3 Å². The number of ether oxygens (including phenoxy) is 2. The molecular weight excluding hydrogens is 525 g/mol. The summed E-state index contributed by atoms with van der Waals surface area (Å²) < 4.78 is 50.0. The van der Waals surface area contributed by atoms with E-state index >= 15 is 0 Å². The Labute approximate surface area is 222 Å². The molecule has 0 bridgehead atoms. The second-order valence-corrected chi connectivity index (χ2v) is 9.66. The van der Waals surface area contributed by atoms with Gasteiger partial charge >= 0.3 is 12.4 Å². The van der Waals surface area contributed by atoms with Gasteiger partial charge in [0.1, 0.15) is 11.5 Å². The van der Waals surface area contributed by atoms with Crippen LogP contribution in [0.3, 0.4) is 0 Å². The first-order chi connectivity index (χ1) is 18.2. The summed E-state index contributed by atoms with van der Waals surface area (Å²) in [4.78, 5) is 22.4. The maximum absolute atomic E-state index is 13.9. The molecule has 12 heteroatoms. The smallest absolute Gasteiger partial charge is 0.425 e. The van der Waals surface area contributed by atoms with Crippen LogP contribution in [-0.2, 0) is 6.54 Å². The lowest BCUT2D eigenvalue weighted by Gasteiger charge is -2.26. The molecular formula is C26H26ClF3N4O4. The number of nitrogens with zero attached hydrogens (tertiary/aromatic N) is 4. The Kier molecular flexibility index (Phi) is 7.40. The van der Waals surface area contributed by atoms with Crippen molar-refractivity contribution in [1.29, 1.82) is 0 Å². The van der Waals surface area contributed by atoms with Gasteiger partial charge in [-0.25, -0.2) is 0 Å². The van der Waals surface area contributed by atoms with Gasteiger partial charge in [-0.3, -0.25) is 9.36 Å². The molecule has 1 amide bonds. The van der Waals surface area contributed by atoms with Crippen LogP contribution in [0.25, 0.3) is 0 Å². The van der Waals surface area contributed by atoms with Crippen molar-refractivity contribution in [3.05, 3.63) is 64.8 Å². The van der Waals surface area contributed by atoms with Gasteiger partial charge in [0, 0.05) is 43.4 Å². The molecule has 2 aromatic carbocycles. The lowest BCUT2D eigenvalue weighted by Crippen LogP contribution is -2.40. The van der Waals surface area contributed by atoms with Gasteiger partial charge in [-0.2, -0.15) is 4.98 Å². The van der Waals surface area contributed by atoms with Crippen molar-refractivity contribution < 1.29 is 32.5 Å². The fourth-order valence-corrected chi connectivity index (χ4v) is 5.04. The molecule has 0 saturated carbocycles. The Morgan fingerprint density at radius 1 is 1.13 bits per heavy atom. The monoisotopic (exact) mass is 550 g/mol. The molecule has 8 nitrogen and oxygen atoms in total. The van der Waals surface area contributed by atoms with Crippen LogP contribution >= 0.6 is 11.6 Å². The van der Waals surface area contributed by atoms with Crippen molar-refractivity contribution in [1.82, 2.24) is 14.5 Å². The van der Waals surface area contributed by atoms with E-state index in [9.17, 15) is 23.1 Å². The van der Waals surface area contributed by atoms with Crippen molar-refractivity contribution in [2.24, 2.45) is 0 Å². The molecule has 5 rings (SSSR count). The van der Waals surface area contributed by atoms with Crippen LogP contribution in [0.15, 0.2) is 48.5 Å². The number of alkyl halides is 3. The number of amides is 1. The van der Waals surface area contributed by atoms with Gasteiger partial charge < -0.3 is 24.4 Å². The first kappa shape index (κ1) is 26.2. The number of aliphatic hydroxyl groups excluding tert-OH is 1. The van der Waals surface area contributed by atoms with Crippen LogP contribution in [0.5, 0.6) is 17.5 Å². The SMILES string of the molecule is O=C1c2c(nc(Oc3cccc(OC(F)(F)F)c3)n2Cc2ccc(Cl)cc2)N2CCC[C@H]2CN1CCCO. The topological polar surface area (TPSA) is 80.1 Å². The molecule has 0 spiro atoms. The number of aliphatic hydroxyl groups is 1. The zero-order valence-electron chi connectivity index (χ0n) is 20.3. The number of carbonyl (C=O) groups is 1. The molecule has 2 aliphatic heterocycles. The quantitative estimate of drug-likeness (QED) is 0.421. The molecule has 1 fully saturated rings. The molecule has 1 N–H and O–H groups in total. The highest BCUT2D eigenvalue weighted by Gasteiger charge is 2.40. The molecule has 2 aliphatic rings. The highest BCUT2D eigenvalue weighted by atomic mass is 35.5. The van der Waals surface area contributed by atoms with Crippen LogP contribution < -0.4 is 14.4 Å². The average molecular weight is 551 g/mol. The van der Waals surface area contributed by atoms with Crippen LogP contribution in [0, 0.1) is 0 Å². The van der Waals surface area contributed by atoms with E-state index in [0.717, 1.165) is 24.5 Å². The Morgan fingerprint density at radius 2 is 1.89 bits per heavy atom. The number of hydrogen-bond donors (Lipinski definition) is 1. The number of carbonyl (C=O) groups excluding carboxylic acids is 1. The summed E-state index contributed by atoms with van der Waals surface area (Å²) in [6, 6.07) is 12.4. The largest absolute Gasteiger partial charge is 0.573 e. The molecule has 3 heterocycles. The van der Waals surface area contributed by atoms with E-state index < -0.39 is 12.1 Å². The van der Waals surface area contributed by atoms with E-state index in [1.165, 1.54) is 18.2 Å². The summed E-state index contributed by atoms with van der Waals surface area (Å²) in [6.45, 7) is 1.79. The van der Waals surface area contributed by atoms with E-state index in [2.05, 4.69) is 9.64 Å². The van der Waals surface area contributed by atoms with Gasteiger partial charge in [0.05, 0.1) is 6.54 Å². The van der Waals surface area contributed by atoms with Crippen LogP contribution in [0.1, 0.15) is 35.3 Å². The first-order valence-corrected chi connectivity index (χ1v) is 12.6. The van der Waals surface area contributed by atoms with Crippen LogP contribution in [-0.4, -0.2) is 64.1 Å². The predicted octanol–water partition coefficient (Wildman–Crippen LogP) is 5.08. The highest BCUT2D eigenvalue weighted by molar-refractivity contribution is 6.30. The number of halogens is 4.